The summed E-state index contributed by atoms with van der Waals surface area (Å²) in [7, 11) is 0. The molecule has 1 fully saturated rings. The Kier molecular flexibility index (Phi) is 6.69. The van der Waals surface area contributed by atoms with Crippen molar-refractivity contribution in [1.29, 1.82) is 0 Å². The van der Waals surface area contributed by atoms with E-state index >= 15 is 4.39 Å². The summed E-state index contributed by atoms with van der Waals surface area (Å²) in [6.45, 7) is 5.38. The maximum absolute atomic E-state index is 15.5. The molecule has 5 aromatic rings. The van der Waals surface area contributed by atoms with Gasteiger partial charge in [0.15, 0.2) is 0 Å². The number of carbonyl (C=O) groups excluding carboxylic acids is 1. The molecule has 6 rings (SSSR count). The molecule has 1 saturated heterocycles. The van der Waals surface area contributed by atoms with Crippen LogP contribution < -0.4 is 10.2 Å². The summed E-state index contributed by atoms with van der Waals surface area (Å²) in [6, 6.07) is 10.6. The van der Waals surface area contributed by atoms with Crippen molar-refractivity contribution < 1.29 is 9.18 Å². The van der Waals surface area contributed by atoms with Crippen molar-refractivity contribution in [3.63, 3.8) is 0 Å². The van der Waals surface area contributed by atoms with Gasteiger partial charge in [0.1, 0.15) is 26.7 Å². The molecule has 7 nitrogen and oxygen atoms in total. The van der Waals surface area contributed by atoms with E-state index in [2.05, 4.69) is 32.6 Å². The van der Waals surface area contributed by atoms with Crippen molar-refractivity contribution >= 4 is 45.2 Å². The molecule has 192 valence electrons. The molecule has 0 spiro atoms. The smallest absolute Gasteiger partial charge is 0.262 e. The number of anilines is 1. The molecule has 1 aliphatic rings. The molecule has 2 aromatic carbocycles. The third kappa shape index (κ3) is 4.59. The number of benzene rings is 2. The molecule has 0 unspecified atom stereocenters. The summed E-state index contributed by atoms with van der Waals surface area (Å²) in [5.41, 5.74) is 2.62. The molecule has 1 amide bonds. The fraction of sp³-hybridized carbons (Fsp3) is 0.250. The lowest BCUT2D eigenvalue weighted by Crippen LogP contribution is -2.49. The zero-order chi connectivity index (χ0) is 26.2. The number of fused-ring (bicyclic) bond motifs is 1. The van der Waals surface area contributed by atoms with Crippen LogP contribution >= 0.6 is 22.7 Å². The Hall–Kier alpha value is -3.60. The van der Waals surface area contributed by atoms with Gasteiger partial charge in [-0.05, 0) is 74.5 Å². The van der Waals surface area contributed by atoms with Gasteiger partial charge in [0.25, 0.3) is 5.91 Å². The maximum Gasteiger partial charge on any atom is 0.262 e. The highest BCUT2D eigenvalue weighted by Gasteiger charge is 2.32. The van der Waals surface area contributed by atoms with Gasteiger partial charge in [-0.1, -0.05) is 17.4 Å². The normalized spacial score (nSPS) is 15.6. The predicted octanol–water partition coefficient (Wildman–Crippen LogP) is 6.03. The summed E-state index contributed by atoms with van der Waals surface area (Å²) in [5.74, 6) is -0.440. The first kappa shape index (κ1) is 24.7. The van der Waals surface area contributed by atoms with Crippen molar-refractivity contribution in [3.8, 4) is 21.1 Å². The van der Waals surface area contributed by atoms with Crippen LogP contribution in [0.2, 0.25) is 0 Å². The molecular weight excluding hydrogens is 519 g/mol. The number of pyridine rings is 1. The van der Waals surface area contributed by atoms with Crippen LogP contribution in [0.15, 0.2) is 54.2 Å². The first-order valence-electron chi connectivity index (χ1n) is 12.4. The number of halogens is 1. The number of hydrogen-bond donors (Lipinski definition) is 1. The topological polar surface area (TPSA) is 83.9 Å². The van der Waals surface area contributed by atoms with Gasteiger partial charge in [-0.3, -0.25) is 9.69 Å². The number of carbonyl (C=O) groups is 1. The van der Waals surface area contributed by atoms with Crippen molar-refractivity contribution in [3.05, 3.63) is 76.1 Å². The first-order chi connectivity index (χ1) is 18.5. The SMILES string of the molecule is Cc1nnc(-c2ccc(C(=O)N(c3nccc4cc(-c5nccs5)cc(C)c34)[C@@H]3CCCNC3)c(F)c2)s1. The minimum Gasteiger partial charge on any atom is -0.315 e. The van der Waals surface area contributed by atoms with Gasteiger partial charge in [0.2, 0.25) is 0 Å². The van der Waals surface area contributed by atoms with E-state index in [0.717, 1.165) is 51.3 Å². The van der Waals surface area contributed by atoms with Crippen LogP contribution in [0.4, 0.5) is 10.2 Å². The Morgan fingerprint density at radius 2 is 1.95 bits per heavy atom. The highest BCUT2D eigenvalue weighted by atomic mass is 32.1. The van der Waals surface area contributed by atoms with Crippen molar-refractivity contribution in [1.82, 2.24) is 25.5 Å². The Bertz CT molecular complexity index is 1630. The Labute approximate surface area is 227 Å². The minimum absolute atomic E-state index is 0.0106. The van der Waals surface area contributed by atoms with Crippen LogP contribution in [0, 0.1) is 19.7 Å². The summed E-state index contributed by atoms with van der Waals surface area (Å²) < 4.78 is 15.5. The van der Waals surface area contributed by atoms with Gasteiger partial charge < -0.3 is 5.32 Å². The van der Waals surface area contributed by atoms with Gasteiger partial charge in [0, 0.05) is 40.8 Å². The Morgan fingerprint density at radius 3 is 2.66 bits per heavy atom. The summed E-state index contributed by atoms with van der Waals surface area (Å²) in [5, 5.41) is 17.7. The fourth-order valence-corrected chi connectivity index (χ4v) is 6.34. The van der Waals surface area contributed by atoms with E-state index in [1.165, 1.54) is 17.4 Å². The second-order valence-corrected chi connectivity index (χ2v) is 11.4. The molecule has 0 aliphatic carbocycles. The van der Waals surface area contributed by atoms with Crippen molar-refractivity contribution in [2.75, 3.05) is 18.0 Å². The molecule has 0 saturated carbocycles. The number of piperidine rings is 1. The van der Waals surface area contributed by atoms with Gasteiger partial charge in [-0.2, -0.15) is 0 Å². The van der Waals surface area contributed by atoms with Gasteiger partial charge in [-0.15, -0.1) is 21.5 Å². The third-order valence-electron chi connectivity index (χ3n) is 6.78. The molecular formula is C28H25FN6OS2. The Morgan fingerprint density at radius 1 is 1.05 bits per heavy atom. The lowest BCUT2D eigenvalue weighted by atomic mass is 9.99. The standard InChI is InChI=1S/C28H25FN6OS2/c1-16-12-20(26-32-10-11-37-26)13-18-7-9-31-25(24(16)18)35(21-4-3-8-30-15-21)28(36)22-6-5-19(14-23(22)29)27-34-33-17(2)38-27/h5-7,9-14,21,30H,3-4,8,15H2,1-2H3/t21-/m1/s1. The van der Waals surface area contributed by atoms with Crippen LogP contribution in [0.25, 0.3) is 31.9 Å². The average molecular weight is 545 g/mol. The zero-order valence-electron chi connectivity index (χ0n) is 20.9. The van der Waals surface area contributed by atoms with E-state index in [0.29, 0.717) is 22.9 Å². The van der Waals surface area contributed by atoms with E-state index in [1.54, 1.807) is 40.8 Å². The quantitative estimate of drug-likeness (QED) is 0.291. The number of aryl methyl sites for hydroxylation is 2. The Balaban J connectivity index is 1.45. The van der Waals surface area contributed by atoms with Gasteiger partial charge in [-0.25, -0.2) is 14.4 Å². The lowest BCUT2D eigenvalue weighted by molar-refractivity contribution is 0.0968. The molecule has 0 bridgehead atoms. The second kappa shape index (κ2) is 10.3. The molecule has 1 N–H and O–H groups in total. The van der Waals surface area contributed by atoms with Crippen LogP contribution in [0.3, 0.4) is 0 Å². The zero-order valence-corrected chi connectivity index (χ0v) is 22.6. The monoisotopic (exact) mass is 544 g/mol. The number of nitrogens with one attached hydrogen (secondary N) is 1. The second-order valence-electron chi connectivity index (χ2n) is 9.36. The highest BCUT2D eigenvalue weighted by Crippen LogP contribution is 2.36. The highest BCUT2D eigenvalue weighted by molar-refractivity contribution is 7.14. The minimum atomic E-state index is -0.586. The van der Waals surface area contributed by atoms with Crippen molar-refractivity contribution in [2.24, 2.45) is 0 Å². The summed E-state index contributed by atoms with van der Waals surface area (Å²) in [6.07, 6.45) is 5.23. The number of thiazole rings is 1. The number of aromatic nitrogens is 4. The molecule has 1 aliphatic heterocycles. The van der Waals surface area contributed by atoms with Gasteiger partial charge >= 0.3 is 0 Å². The lowest BCUT2D eigenvalue weighted by Gasteiger charge is -2.35. The van der Waals surface area contributed by atoms with Crippen molar-refractivity contribution in [2.45, 2.75) is 32.7 Å². The van der Waals surface area contributed by atoms with Crippen LogP contribution in [-0.4, -0.2) is 45.2 Å². The molecule has 3 aromatic heterocycles. The van der Waals surface area contributed by atoms with E-state index < -0.39 is 11.7 Å². The molecule has 4 heterocycles. The van der Waals surface area contributed by atoms with E-state index in [-0.39, 0.29) is 11.6 Å². The van der Waals surface area contributed by atoms with E-state index in [1.807, 2.05) is 25.3 Å². The van der Waals surface area contributed by atoms with Crippen LogP contribution in [0.1, 0.15) is 33.8 Å². The van der Waals surface area contributed by atoms with Crippen LogP contribution in [0.5, 0.6) is 0 Å². The maximum atomic E-state index is 15.5. The number of rotatable bonds is 5. The average Bonchev–Trinajstić information content (AvgIpc) is 3.62. The molecule has 0 radical (unpaired) electrons. The van der Waals surface area contributed by atoms with E-state index in [4.69, 9.17) is 4.98 Å². The number of amides is 1. The number of nitrogens with zero attached hydrogens (tertiary/aromatic N) is 5. The van der Waals surface area contributed by atoms with Crippen LogP contribution in [-0.2, 0) is 0 Å². The summed E-state index contributed by atoms with van der Waals surface area (Å²) >= 11 is 2.97. The largest absolute Gasteiger partial charge is 0.315 e. The first-order valence-corrected chi connectivity index (χ1v) is 14.1. The molecule has 10 heteroatoms. The summed E-state index contributed by atoms with van der Waals surface area (Å²) in [4.78, 5) is 25.0. The number of hydrogen-bond acceptors (Lipinski definition) is 8. The van der Waals surface area contributed by atoms with E-state index in [9.17, 15) is 4.79 Å². The predicted molar refractivity (Wildman–Crippen MR) is 150 cm³/mol. The molecule has 38 heavy (non-hydrogen) atoms. The van der Waals surface area contributed by atoms with Gasteiger partial charge in [0.05, 0.1) is 11.6 Å². The fourth-order valence-electron chi connectivity index (χ4n) is 5.03. The molecule has 1 atom stereocenters. The third-order valence-corrected chi connectivity index (χ3v) is 8.49.